The van der Waals surface area contributed by atoms with E-state index in [0.717, 1.165) is 27.5 Å². The van der Waals surface area contributed by atoms with Crippen LogP contribution in [0.1, 0.15) is 18.2 Å². The van der Waals surface area contributed by atoms with E-state index in [9.17, 15) is 9.90 Å². The first-order valence-corrected chi connectivity index (χ1v) is 7.49. The van der Waals surface area contributed by atoms with E-state index in [1.807, 2.05) is 42.5 Å². The molecule has 1 N–H and O–H groups in total. The summed E-state index contributed by atoms with van der Waals surface area (Å²) in [6.07, 6.45) is 0.351. The second-order valence-corrected chi connectivity index (χ2v) is 5.46. The molecule has 0 amide bonds. The maximum atomic E-state index is 11.6. The van der Waals surface area contributed by atoms with Crippen LogP contribution in [-0.4, -0.2) is 9.67 Å². The monoisotopic (exact) mass is 309 g/mol. The summed E-state index contributed by atoms with van der Waals surface area (Å²) in [5.41, 5.74) is 2.59. The maximum Gasteiger partial charge on any atom is 0.422 e. The van der Waals surface area contributed by atoms with Crippen LogP contribution in [0.25, 0.3) is 21.9 Å². The fraction of sp³-hybridized carbons (Fsp3) is 0.167. The molecule has 0 atom stereocenters. The van der Waals surface area contributed by atoms with Crippen LogP contribution in [0.2, 0.25) is 0 Å². The molecular weight excluding hydrogens is 294 g/mol. The predicted octanol–water partition coefficient (Wildman–Crippen LogP) is 3.66. The Bertz CT molecular complexity index is 1070. The average molecular weight is 309 g/mol. The van der Waals surface area contributed by atoms with Gasteiger partial charge in [-0.1, -0.05) is 24.3 Å². The quantitative estimate of drug-likeness (QED) is 0.627. The molecular formula is C18H15NO4. The van der Waals surface area contributed by atoms with Gasteiger partial charge >= 0.3 is 5.76 Å². The van der Waals surface area contributed by atoms with Crippen molar-refractivity contribution >= 4 is 21.9 Å². The van der Waals surface area contributed by atoms with Crippen LogP contribution in [0.4, 0.5) is 0 Å². The lowest BCUT2D eigenvalue weighted by molar-refractivity contribution is 0.412. The Hall–Kier alpha value is -2.95. The van der Waals surface area contributed by atoms with Crippen molar-refractivity contribution < 1.29 is 13.9 Å². The molecule has 0 aliphatic rings. The Balaban J connectivity index is 1.80. The fourth-order valence-electron chi connectivity index (χ4n) is 2.91. The molecule has 4 aromatic rings. The van der Waals surface area contributed by atoms with Crippen LogP contribution in [0.3, 0.4) is 0 Å². The van der Waals surface area contributed by atoms with Crippen LogP contribution >= 0.6 is 0 Å². The van der Waals surface area contributed by atoms with E-state index >= 15 is 0 Å². The lowest BCUT2D eigenvalue weighted by atomic mass is 10.1. The number of benzene rings is 2. The molecule has 0 fully saturated rings. The van der Waals surface area contributed by atoms with Crippen molar-refractivity contribution in [1.29, 1.82) is 0 Å². The highest BCUT2D eigenvalue weighted by Crippen LogP contribution is 2.30. The molecule has 2 aromatic carbocycles. The number of rotatable bonds is 3. The van der Waals surface area contributed by atoms with Gasteiger partial charge in [0.1, 0.15) is 11.2 Å². The summed E-state index contributed by atoms with van der Waals surface area (Å²) in [6.45, 7) is 2.16. The van der Waals surface area contributed by atoms with Gasteiger partial charge in [-0.05, 0) is 30.7 Å². The maximum absolute atomic E-state index is 11.6. The lowest BCUT2D eigenvalue weighted by Crippen LogP contribution is -2.11. The van der Waals surface area contributed by atoms with Crippen molar-refractivity contribution in [2.45, 2.75) is 19.9 Å². The summed E-state index contributed by atoms with van der Waals surface area (Å²) < 4.78 is 12.2. The molecule has 5 heteroatoms. The predicted molar refractivity (Wildman–Crippen MR) is 86.8 cm³/mol. The zero-order valence-electron chi connectivity index (χ0n) is 12.6. The van der Waals surface area contributed by atoms with E-state index < -0.39 is 5.76 Å². The number of fused-ring (bicyclic) bond motifs is 3. The van der Waals surface area contributed by atoms with Gasteiger partial charge < -0.3 is 13.9 Å². The van der Waals surface area contributed by atoms with Crippen molar-refractivity contribution in [1.82, 2.24) is 4.57 Å². The molecule has 0 spiro atoms. The lowest BCUT2D eigenvalue weighted by Gasteiger charge is -2.00. The van der Waals surface area contributed by atoms with Crippen LogP contribution in [0, 0.1) is 0 Å². The molecule has 0 bridgehead atoms. The topological polar surface area (TPSA) is 68.5 Å². The summed E-state index contributed by atoms with van der Waals surface area (Å²) in [5, 5.41) is 12.1. The molecule has 0 saturated carbocycles. The van der Waals surface area contributed by atoms with Crippen molar-refractivity contribution in [2.24, 2.45) is 0 Å². The van der Waals surface area contributed by atoms with Crippen LogP contribution in [0.5, 0.6) is 5.88 Å². The summed E-state index contributed by atoms with van der Waals surface area (Å²) in [7, 11) is 0. The minimum Gasteiger partial charge on any atom is -0.492 e. The molecule has 2 heterocycles. The number of hydrogen-bond donors (Lipinski definition) is 1. The third-order valence-electron chi connectivity index (χ3n) is 4.06. The Labute approximate surface area is 131 Å². The third-order valence-corrected chi connectivity index (χ3v) is 4.06. The van der Waals surface area contributed by atoms with E-state index in [1.165, 1.54) is 4.57 Å². The highest BCUT2D eigenvalue weighted by Gasteiger charge is 2.16. The second-order valence-electron chi connectivity index (χ2n) is 5.46. The number of aromatic nitrogens is 1. The van der Waals surface area contributed by atoms with E-state index in [1.54, 1.807) is 6.92 Å². The molecule has 2 aromatic heterocycles. The number of aromatic hydroxyl groups is 1. The van der Waals surface area contributed by atoms with Gasteiger partial charge in [0.05, 0.1) is 0 Å². The number of furan rings is 1. The number of hydrogen-bond acceptors (Lipinski definition) is 4. The fourth-order valence-corrected chi connectivity index (χ4v) is 2.91. The molecule has 116 valence electrons. The largest absolute Gasteiger partial charge is 0.492 e. The van der Waals surface area contributed by atoms with E-state index in [4.69, 9.17) is 8.83 Å². The Morgan fingerprint density at radius 1 is 1.04 bits per heavy atom. The first-order valence-electron chi connectivity index (χ1n) is 7.49. The normalized spacial score (nSPS) is 11.5. The number of nitrogens with zero attached hydrogens (tertiary/aromatic N) is 1. The number of para-hydroxylation sites is 1. The Morgan fingerprint density at radius 3 is 2.61 bits per heavy atom. The molecule has 0 aliphatic heterocycles. The van der Waals surface area contributed by atoms with Crippen LogP contribution in [0.15, 0.2) is 56.1 Å². The van der Waals surface area contributed by atoms with Crippen LogP contribution < -0.4 is 5.76 Å². The molecule has 0 saturated heterocycles. The summed E-state index contributed by atoms with van der Waals surface area (Å²) in [5.74, 6) is -0.353. The molecule has 23 heavy (non-hydrogen) atoms. The molecule has 4 rings (SSSR count). The number of oxazole rings is 1. The summed E-state index contributed by atoms with van der Waals surface area (Å²) in [6, 6.07) is 13.7. The van der Waals surface area contributed by atoms with Gasteiger partial charge in [-0.15, -0.1) is 0 Å². The average Bonchev–Trinajstić information content (AvgIpc) is 3.05. The van der Waals surface area contributed by atoms with Crippen molar-refractivity contribution in [3.8, 4) is 5.88 Å². The van der Waals surface area contributed by atoms with E-state index in [0.29, 0.717) is 13.0 Å². The smallest absolute Gasteiger partial charge is 0.422 e. The standard InChI is InChI=1S/C18H15NO4/c1-2-19-17(20)16(23-18(19)21)10-11-7-8-15-13(9-11)12-5-3-4-6-14(12)22-15/h3-9,20H,2,10H2,1H3. The zero-order valence-corrected chi connectivity index (χ0v) is 12.6. The molecule has 5 nitrogen and oxygen atoms in total. The van der Waals surface area contributed by atoms with Gasteiger partial charge in [0.15, 0.2) is 5.76 Å². The third kappa shape index (κ3) is 2.12. The van der Waals surface area contributed by atoms with Gasteiger partial charge in [-0.25, -0.2) is 9.36 Å². The summed E-state index contributed by atoms with van der Waals surface area (Å²) in [4.78, 5) is 11.6. The summed E-state index contributed by atoms with van der Waals surface area (Å²) >= 11 is 0. The minimum absolute atomic E-state index is 0.102. The van der Waals surface area contributed by atoms with Gasteiger partial charge in [0.25, 0.3) is 0 Å². The van der Waals surface area contributed by atoms with Crippen molar-refractivity contribution in [2.75, 3.05) is 0 Å². The molecule has 0 radical (unpaired) electrons. The Kier molecular flexibility index (Phi) is 3.01. The zero-order chi connectivity index (χ0) is 16.0. The highest BCUT2D eigenvalue weighted by atomic mass is 16.4. The highest BCUT2D eigenvalue weighted by molar-refractivity contribution is 6.04. The van der Waals surface area contributed by atoms with E-state index in [-0.39, 0.29) is 11.6 Å². The minimum atomic E-state index is -0.533. The van der Waals surface area contributed by atoms with Crippen molar-refractivity contribution in [3.05, 3.63) is 64.3 Å². The second kappa shape index (κ2) is 5.05. The van der Waals surface area contributed by atoms with Gasteiger partial charge in [0.2, 0.25) is 5.88 Å². The SMILES string of the molecule is CCn1c(O)c(Cc2ccc3oc4ccccc4c3c2)oc1=O. The van der Waals surface area contributed by atoms with Gasteiger partial charge in [0, 0.05) is 23.7 Å². The molecule has 0 unspecified atom stereocenters. The molecule has 0 aliphatic carbocycles. The first kappa shape index (κ1) is 13.7. The van der Waals surface area contributed by atoms with E-state index in [2.05, 4.69) is 0 Å². The Morgan fingerprint density at radius 2 is 1.83 bits per heavy atom. The van der Waals surface area contributed by atoms with Gasteiger partial charge in [-0.2, -0.15) is 0 Å². The van der Waals surface area contributed by atoms with Crippen molar-refractivity contribution in [3.63, 3.8) is 0 Å². The van der Waals surface area contributed by atoms with Crippen LogP contribution in [-0.2, 0) is 13.0 Å². The first-order chi connectivity index (χ1) is 11.2. The van der Waals surface area contributed by atoms with Gasteiger partial charge in [-0.3, -0.25) is 0 Å².